The van der Waals surface area contributed by atoms with Crippen LogP contribution in [0.3, 0.4) is 0 Å². The first-order chi connectivity index (χ1) is 11.4. The lowest BCUT2D eigenvalue weighted by Gasteiger charge is -2.41. The molecule has 6 nitrogen and oxygen atoms in total. The number of hydrogen-bond acceptors (Lipinski definition) is 3. The number of carbonyl (C=O) groups is 3. The molecule has 1 rings (SSSR count). The molecule has 0 aliphatic carbocycles. The van der Waals surface area contributed by atoms with Gasteiger partial charge in [-0.1, -0.05) is 18.2 Å². The van der Waals surface area contributed by atoms with Gasteiger partial charge in [-0.2, -0.15) is 13.2 Å². The van der Waals surface area contributed by atoms with Crippen LogP contribution in [0.2, 0.25) is 0 Å². The molecular formula is C16H19F3N2O4. The molecule has 0 aliphatic heterocycles. The molecule has 2 amide bonds. The average Bonchev–Trinajstić information content (AvgIpc) is 2.49. The second-order valence-corrected chi connectivity index (χ2v) is 5.96. The Labute approximate surface area is 142 Å². The number of aliphatic carboxylic acids is 1. The topological polar surface area (TPSA) is 86.7 Å². The van der Waals surface area contributed by atoms with Crippen molar-refractivity contribution in [2.24, 2.45) is 5.41 Å². The third-order valence-electron chi connectivity index (χ3n) is 3.71. The van der Waals surface area contributed by atoms with Crippen molar-refractivity contribution in [1.29, 1.82) is 0 Å². The first-order valence-electron chi connectivity index (χ1n) is 7.30. The second kappa shape index (κ2) is 7.54. The lowest BCUT2D eigenvalue weighted by atomic mass is 9.81. The lowest BCUT2D eigenvalue weighted by molar-refractivity contribution is -0.218. The summed E-state index contributed by atoms with van der Waals surface area (Å²) in [7, 11) is 0. The van der Waals surface area contributed by atoms with Gasteiger partial charge in [-0.15, -0.1) is 0 Å². The number of hydrogen-bond donors (Lipinski definition) is 2. The van der Waals surface area contributed by atoms with Crippen molar-refractivity contribution in [3.63, 3.8) is 0 Å². The summed E-state index contributed by atoms with van der Waals surface area (Å²) in [6.45, 7) is 1.76. The molecule has 9 heteroatoms. The van der Waals surface area contributed by atoms with Crippen molar-refractivity contribution in [3.8, 4) is 0 Å². The van der Waals surface area contributed by atoms with Gasteiger partial charge in [-0.05, 0) is 26.0 Å². The first kappa shape index (κ1) is 20.5. The van der Waals surface area contributed by atoms with E-state index in [9.17, 15) is 27.6 Å². The predicted molar refractivity (Wildman–Crippen MR) is 83.9 cm³/mol. The Morgan fingerprint density at radius 2 is 1.68 bits per heavy atom. The Morgan fingerprint density at radius 3 is 2.08 bits per heavy atom. The van der Waals surface area contributed by atoms with E-state index in [0.717, 1.165) is 25.7 Å². The highest BCUT2D eigenvalue weighted by Gasteiger charge is 2.57. The minimum absolute atomic E-state index is 0.0998. The number of carbonyl (C=O) groups excluding carboxylic acids is 2. The molecule has 0 aromatic heterocycles. The minimum atomic E-state index is -4.82. The maximum Gasteiger partial charge on any atom is 0.396 e. The molecule has 0 unspecified atom stereocenters. The summed E-state index contributed by atoms with van der Waals surface area (Å²) >= 11 is 0. The maximum atomic E-state index is 13.5. The second-order valence-electron chi connectivity index (χ2n) is 5.96. The fourth-order valence-corrected chi connectivity index (χ4v) is 2.28. The van der Waals surface area contributed by atoms with Gasteiger partial charge in [-0.3, -0.25) is 19.3 Å². The summed E-state index contributed by atoms with van der Waals surface area (Å²) in [5.74, 6) is -3.39. The normalized spacial score (nSPS) is 13.0. The zero-order valence-electron chi connectivity index (χ0n) is 13.9. The highest BCUT2D eigenvalue weighted by atomic mass is 19.4. The molecule has 1 aromatic carbocycles. The number of amides is 2. The highest BCUT2D eigenvalue weighted by Crippen LogP contribution is 2.43. The van der Waals surface area contributed by atoms with Crippen LogP contribution in [0.15, 0.2) is 30.3 Å². The first-order valence-corrected chi connectivity index (χ1v) is 7.30. The van der Waals surface area contributed by atoms with E-state index >= 15 is 0 Å². The van der Waals surface area contributed by atoms with Crippen LogP contribution in [0.5, 0.6) is 0 Å². The third kappa shape index (κ3) is 4.71. The molecule has 0 bridgehead atoms. The smallest absolute Gasteiger partial charge is 0.396 e. The van der Waals surface area contributed by atoms with Crippen molar-refractivity contribution in [2.45, 2.75) is 33.0 Å². The Bertz CT molecular complexity index is 645. The largest absolute Gasteiger partial charge is 0.480 e. The number of alkyl halides is 3. The zero-order valence-corrected chi connectivity index (χ0v) is 13.9. The molecule has 0 saturated carbocycles. The van der Waals surface area contributed by atoms with Gasteiger partial charge < -0.3 is 10.4 Å². The maximum absolute atomic E-state index is 13.5. The number of nitrogens with zero attached hydrogens (tertiary/aromatic N) is 1. The number of anilines is 1. The molecule has 2 N–H and O–H groups in total. The molecule has 0 heterocycles. The van der Waals surface area contributed by atoms with E-state index < -0.39 is 42.0 Å². The van der Waals surface area contributed by atoms with Gasteiger partial charge >= 0.3 is 12.1 Å². The lowest BCUT2D eigenvalue weighted by Crippen LogP contribution is -2.61. The average molecular weight is 360 g/mol. The summed E-state index contributed by atoms with van der Waals surface area (Å²) in [6, 6.07) is 5.44. The number of para-hydroxylation sites is 1. The van der Waals surface area contributed by atoms with Gasteiger partial charge in [0, 0.05) is 12.6 Å². The van der Waals surface area contributed by atoms with Gasteiger partial charge in [0.05, 0.1) is 5.41 Å². The van der Waals surface area contributed by atoms with Gasteiger partial charge in [0.1, 0.15) is 12.6 Å². The fraction of sp³-hybridized carbons (Fsp3) is 0.438. The fourth-order valence-electron chi connectivity index (χ4n) is 2.28. The van der Waals surface area contributed by atoms with E-state index in [4.69, 9.17) is 5.11 Å². The summed E-state index contributed by atoms with van der Waals surface area (Å²) in [5, 5.41) is 10.6. The van der Waals surface area contributed by atoms with E-state index in [2.05, 4.69) is 0 Å². The minimum Gasteiger partial charge on any atom is -0.480 e. The van der Waals surface area contributed by atoms with Crippen LogP contribution in [0.4, 0.5) is 18.9 Å². The molecule has 0 radical (unpaired) electrons. The van der Waals surface area contributed by atoms with Crippen molar-refractivity contribution in [2.75, 3.05) is 11.4 Å². The molecule has 0 fully saturated rings. The zero-order chi connectivity index (χ0) is 19.4. The van der Waals surface area contributed by atoms with E-state index in [-0.39, 0.29) is 5.69 Å². The standard InChI is InChI=1S/C16H19F3N2O4/c1-10(22)21(11-7-5-4-6-8-11)13(14(25)20-9-12(23)24)15(2,3)16(17,18)19/h4-8,13H,9H2,1-3H3,(H,20,25)(H,23,24)/t13-/m1/s1. The number of carboxylic acid groups (broad SMARTS) is 1. The van der Waals surface area contributed by atoms with Gasteiger partial charge in [0.25, 0.3) is 0 Å². The van der Waals surface area contributed by atoms with Gasteiger partial charge in [0.15, 0.2) is 0 Å². The molecular weight excluding hydrogens is 341 g/mol. The van der Waals surface area contributed by atoms with Crippen LogP contribution < -0.4 is 10.2 Å². The third-order valence-corrected chi connectivity index (χ3v) is 3.71. The summed E-state index contributed by atoms with van der Waals surface area (Å²) in [6.07, 6.45) is -4.82. The van der Waals surface area contributed by atoms with E-state index in [1.165, 1.54) is 24.3 Å². The molecule has 1 atom stereocenters. The van der Waals surface area contributed by atoms with E-state index in [0.29, 0.717) is 0 Å². The van der Waals surface area contributed by atoms with Crippen molar-refractivity contribution >= 4 is 23.5 Å². The van der Waals surface area contributed by atoms with Crippen molar-refractivity contribution in [3.05, 3.63) is 30.3 Å². The number of rotatable bonds is 6. The summed E-state index contributed by atoms with van der Waals surface area (Å²) in [5.41, 5.74) is -2.53. The van der Waals surface area contributed by atoms with E-state index in [1.807, 2.05) is 5.32 Å². The predicted octanol–water partition coefficient (Wildman–Crippen LogP) is 2.20. The van der Waals surface area contributed by atoms with Crippen LogP contribution in [0, 0.1) is 5.41 Å². The monoisotopic (exact) mass is 360 g/mol. The quantitative estimate of drug-likeness (QED) is 0.814. The number of nitrogens with one attached hydrogen (secondary N) is 1. The summed E-state index contributed by atoms with van der Waals surface area (Å²) in [4.78, 5) is 35.8. The van der Waals surface area contributed by atoms with Gasteiger partial charge in [-0.25, -0.2) is 0 Å². The molecule has 0 spiro atoms. The van der Waals surface area contributed by atoms with Crippen LogP contribution >= 0.6 is 0 Å². The number of benzene rings is 1. The van der Waals surface area contributed by atoms with Crippen LogP contribution in [-0.2, 0) is 14.4 Å². The molecule has 0 aliphatic rings. The Hall–Kier alpha value is -2.58. The molecule has 25 heavy (non-hydrogen) atoms. The number of halogens is 3. The van der Waals surface area contributed by atoms with Crippen LogP contribution in [0.25, 0.3) is 0 Å². The van der Waals surface area contributed by atoms with E-state index in [1.54, 1.807) is 6.07 Å². The van der Waals surface area contributed by atoms with Crippen LogP contribution in [-0.4, -0.2) is 41.7 Å². The van der Waals surface area contributed by atoms with Crippen molar-refractivity contribution in [1.82, 2.24) is 5.32 Å². The highest BCUT2D eigenvalue weighted by molar-refractivity contribution is 6.00. The Kier molecular flexibility index (Phi) is 6.17. The molecule has 138 valence electrons. The van der Waals surface area contributed by atoms with Gasteiger partial charge in [0.2, 0.25) is 11.8 Å². The molecule has 1 aromatic rings. The molecule has 0 saturated heterocycles. The Balaban J connectivity index is 3.44. The number of carboxylic acids is 1. The SMILES string of the molecule is CC(=O)N(c1ccccc1)[C@H](C(=O)NCC(=O)O)C(C)(C)C(F)(F)F. The van der Waals surface area contributed by atoms with Crippen molar-refractivity contribution < 1.29 is 32.7 Å². The van der Waals surface area contributed by atoms with Crippen LogP contribution in [0.1, 0.15) is 20.8 Å². The summed E-state index contributed by atoms with van der Waals surface area (Å²) < 4.78 is 40.6. The Morgan fingerprint density at radius 1 is 1.16 bits per heavy atom.